The molecule has 0 spiro atoms. The van der Waals surface area contributed by atoms with Crippen LogP contribution >= 0.6 is 0 Å². The molecule has 0 heterocycles. The molecule has 2 heteroatoms. The van der Waals surface area contributed by atoms with Gasteiger partial charge in [0.1, 0.15) is 0 Å². The molecule has 0 aromatic rings. The predicted molar refractivity (Wildman–Crippen MR) is 129 cm³/mol. The van der Waals surface area contributed by atoms with Crippen molar-refractivity contribution in [2.45, 2.75) is 125 Å². The number of hydrogen-bond donors (Lipinski definition) is 2. The number of rotatable bonds is 11. The topological polar surface area (TPSA) is 40.5 Å². The highest BCUT2D eigenvalue weighted by Crippen LogP contribution is 2.47. The van der Waals surface area contributed by atoms with E-state index in [-0.39, 0.29) is 11.5 Å². The van der Waals surface area contributed by atoms with Crippen molar-refractivity contribution in [1.82, 2.24) is 0 Å². The lowest BCUT2D eigenvalue weighted by atomic mass is 9.65. The summed E-state index contributed by atoms with van der Waals surface area (Å²) in [6.07, 6.45) is 17.6. The van der Waals surface area contributed by atoms with E-state index in [1.165, 1.54) is 44.9 Å². The Morgan fingerprint density at radius 1 is 0.931 bits per heavy atom. The zero-order valence-electron chi connectivity index (χ0n) is 20.9. The van der Waals surface area contributed by atoms with E-state index in [0.717, 1.165) is 49.4 Å². The third-order valence-corrected chi connectivity index (χ3v) is 7.42. The minimum Gasteiger partial charge on any atom is -0.396 e. The third-order valence-electron chi connectivity index (χ3n) is 7.42. The summed E-state index contributed by atoms with van der Waals surface area (Å²) in [4.78, 5) is 0. The molecule has 0 amide bonds. The van der Waals surface area contributed by atoms with Gasteiger partial charge < -0.3 is 10.2 Å². The Morgan fingerprint density at radius 2 is 1.55 bits per heavy atom. The number of aliphatic hydroxyl groups is 2. The van der Waals surface area contributed by atoms with Crippen LogP contribution in [0.15, 0.2) is 12.2 Å². The molecule has 2 saturated carbocycles. The molecule has 2 unspecified atom stereocenters. The lowest BCUT2D eigenvalue weighted by molar-refractivity contribution is -0.0269. The van der Waals surface area contributed by atoms with Crippen LogP contribution in [0.5, 0.6) is 0 Å². The predicted octanol–water partition coefficient (Wildman–Crippen LogP) is 7.78. The Balaban J connectivity index is 0.00000184. The molecule has 0 bridgehead atoms. The Morgan fingerprint density at radius 3 is 2.10 bits per heavy atom. The second-order valence-corrected chi connectivity index (χ2v) is 9.40. The molecule has 0 aromatic heterocycles. The largest absolute Gasteiger partial charge is 0.396 e. The molecule has 2 aliphatic rings. The highest BCUT2D eigenvalue weighted by atomic mass is 16.3. The second kappa shape index (κ2) is 16.4. The molecule has 0 aliphatic heterocycles. The minimum absolute atomic E-state index is 0.0831. The van der Waals surface area contributed by atoms with Crippen LogP contribution in [0.4, 0.5) is 0 Å². The third kappa shape index (κ3) is 9.55. The first-order valence-electron chi connectivity index (χ1n) is 12.9. The van der Waals surface area contributed by atoms with Gasteiger partial charge in [-0.25, -0.2) is 0 Å². The molecule has 0 aromatic carbocycles. The lowest BCUT2D eigenvalue weighted by Crippen LogP contribution is -2.38. The molecule has 2 N–H and O–H groups in total. The lowest BCUT2D eigenvalue weighted by Gasteiger charge is -2.42. The van der Waals surface area contributed by atoms with E-state index in [4.69, 9.17) is 5.11 Å². The van der Waals surface area contributed by atoms with Crippen LogP contribution in [0.3, 0.4) is 0 Å². The maximum Gasteiger partial charge on any atom is 0.0593 e. The van der Waals surface area contributed by atoms with Gasteiger partial charge in [0.15, 0.2) is 0 Å². The number of unbranched alkanes of at least 4 members (excludes halogenated alkanes) is 2. The summed E-state index contributed by atoms with van der Waals surface area (Å²) in [6.45, 7) is 15.5. The summed E-state index contributed by atoms with van der Waals surface area (Å²) in [6, 6.07) is 0. The molecule has 174 valence electrons. The first kappa shape index (κ1) is 28.7. The van der Waals surface area contributed by atoms with Crippen molar-refractivity contribution >= 4 is 0 Å². The maximum absolute atomic E-state index is 10.5. The van der Waals surface area contributed by atoms with Crippen molar-refractivity contribution in [3.05, 3.63) is 12.2 Å². The molecular weight excluding hydrogens is 356 g/mol. The Labute approximate surface area is 183 Å². The van der Waals surface area contributed by atoms with Gasteiger partial charge in [-0.15, -0.1) is 0 Å². The van der Waals surface area contributed by atoms with Crippen molar-refractivity contribution in [2.24, 2.45) is 29.1 Å². The van der Waals surface area contributed by atoms with E-state index in [1.54, 1.807) is 0 Å². The summed E-state index contributed by atoms with van der Waals surface area (Å²) in [5.41, 5.74) is 0.227. The molecule has 2 nitrogen and oxygen atoms in total. The van der Waals surface area contributed by atoms with E-state index in [2.05, 4.69) is 32.9 Å². The average molecular weight is 411 g/mol. The summed E-state index contributed by atoms with van der Waals surface area (Å²) in [5, 5.41) is 19.3. The van der Waals surface area contributed by atoms with E-state index >= 15 is 0 Å². The average Bonchev–Trinajstić information content (AvgIpc) is 2.98. The van der Waals surface area contributed by atoms with Gasteiger partial charge in [0.25, 0.3) is 0 Å². The highest BCUT2D eigenvalue weighted by molar-refractivity contribution is 4.94. The van der Waals surface area contributed by atoms with Crippen molar-refractivity contribution < 1.29 is 10.2 Å². The smallest absolute Gasteiger partial charge is 0.0593 e. The minimum atomic E-state index is -0.0831. The second-order valence-electron chi connectivity index (χ2n) is 9.40. The summed E-state index contributed by atoms with van der Waals surface area (Å²) >= 11 is 0. The van der Waals surface area contributed by atoms with Gasteiger partial charge in [0.2, 0.25) is 0 Å². The van der Waals surface area contributed by atoms with Crippen molar-refractivity contribution in [1.29, 1.82) is 0 Å². The first-order chi connectivity index (χ1) is 14.0. The van der Waals surface area contributed by atoms with Gasteiger partial charge in [0, 0.05) is 6.61 Å². The molecule has 2 aliphatic carbocycles. The quantitative estimate of drug-likeness (QED) is 0.270. The van der Waals surface area contributed by atoms with Crippen LogP contribution in [-0.4, -0.2) is 22.9 Å². The molecular formula is C27H54O2. The van der Waals surface area contributed by atoms with Gasteiger partial charge in [-0.05, 0) is 86.9 Å². The van der Waals surface area contributed by atoms with Crippen LogP contribution in [0.1, 0.15) is 119 Å². The zero-order valence-corrected chi connectivity index (χ0v) is 20.9. The van der Waals surface area contributed by atoms with Crippen LogP contribution in [0.25, 0.3) is 0 Å². The normalized spacial score (nSPS) is 28.7. The SMILES string of the molecule is CC.CC.CC1C[C@@H](C)[C@H](CCCC(O)C2(C)CCC2)[C@H]1C/C=C\CCCCO. The Kier molecular flexibility index (Phi) is 16.2. The Bertz CT molecular complexity index is 399. The molecule has 5 atom stereocenters. The van der Waals surface area contributed by atoms with E-state index in [9.17, 15) is 5.11 Å². The fourth-order valence-corrected chi connectivity index (χ4v) is 5.39. The zero-order chi connectivity index (χ0) is 22.3. The van der Waals surface area contributed by atoms with E-state index in [0.29, 0.717) is 6.61 Å². The fraction of sp³-hybridized carbons (Fsp3) is 0.926. The molecule has 2 rings (SSSR count). The van der Waals surface area contributed by atoms with Gasteiger partial charge >= 0.3 is 0 Å². The summed E-state index contributed by atoms with van der Waals surface area (Å²) in [7, 11) is 0. The Hall–Kier alpha value is -0.340. The maximum atomic E-state index is 10.5. The number of aliphatic hydroxyl groups excluding tert-OH is 2. The first-order valence-corrected chi connectivity index (χ1v) is 12.9. The van der Waals surface area contributed by atoms with Crippen LogP contribution in [-0.2, 0) is 0 Å². The van der Waals surface area contributed by atoms with E-state index in [1.807, 2.05) is 27.7 Å². The molecule has 0 radical (unpaired) electrons. The molecule has 0 saturated heterocycles. The standard InChI is InChI=1S/C23H42O2.2C2H6/c1-18-17-19(2)21(20(18)11-7-5-4-6-8-16-24)12-9-13-22(25)23(3)14-10-15-23;2*1-2/h5,7,18-22,24-25H,4,6,8-17H2,1-3H3;2*1-2H3/b7-5-;;/t18?,19-,20+,21+,22?;;/m1../s1. The van der Waals surface area contributed by atoms with Gasteiger partial charge in [-0.3, -0.25) is 0 Å². The van der Waals surface area contributed by atoms with Gasteiger partial charge in [-0.2, -0.15) is 0 Å². The van der Waals surface area contributed by atoms with E-state index < -0.39 is 0 Å². The van der Waals surface area contributed by atoms with Crippen LogP contribution < -0.4 is 0 Å². The van der Waals surface area contributed by atoms with Gasteiger partial charge in [-0.1, -0.05) is 73.5 Å². The number of hydrogen-bond acceptors (Lipinski definition) is 2. The van der Waals surface area contributed by atoms with Crippen molar-refractivity contribution in [2.75, 3.05) is 6.61 Å². The highest BCUT2D eigenvalue weighted by Gasteiger charge is 2.40. The molecule has 2 fully saturated rings. The monoisotopic (exact) mass is 410 g/mol. The van der Waals surface area contributed by atoms with Crippen LogP contribution in [0, 0.1) is 29.1 Å². The van der Waals surface area contributed by atoms with Crippen LogP contribution in [0.2, 0.25) is 0 Å². The summed E-state index contributed by atoms with van der Waals surface area (Å²) in [5.74, 6) is 3.31. The van der Waals surface area contributed by atoms with Crippen molar-refractivity contribution in [3.63, 3.8) is 0 Å². The summed E-state index contributed by atoms with van der Waals surface area (Å²) < 4.78 is 0. The number of allylic oxidation sites excluding steroid dienone is 2. The molecule has 29 heavy (non-hydrogen) atoms. The van der Waals surface area contributed by atoms with Gasteiger partial charge in [0.05, 0.1) is 6.10 Å². The van der Waals surface area contributed by atoms with Crippen molar-refractivity contribution in [3.8, 4) is 0 Å². The fourth-order valence-electron chi connectivity index (χ4n) is 5.39.